The fourth-order valence-electron chi connectivity index (χ4n) is 2.01. The zero-order valence-electron chi connectivity index (χ0n) is 9.88. The maximum absolute atomic E-state index is 2.59. The maximum atomic E-state index is 2.59. The first-order valence-electron chi connectivity index (χ1n) is 5.69. The van der Waals surface area contributed by atoms with Crippen LogP contribution >= 0.6 is 0 Å². The Bertz CT molecular complexity index is 265. The SMILES string of the molecule is CC[Si](C)(CC)[SiH](C)c1ccccc1. The van der Waals surface area contributed by atoms with Crippen molar-refractivity contribution in [2.45, 2.75) is 39.0 Å². The number of hydrogen-bond acceptors (Lipinski definition) is 0. The lowest BCUT2D eigenvalue weighted by Crippen LogP contribution is -2.52. The van der Waals surface area contributed by atoms with Gasteiger partial charge in [0.1, 0.15) is 0 Å². The molecule has 0 aliphatic rings. The highest BCUT2D eigenvalue weighted by Crippen LogP contribution is 2.18. The zero-order chi connectivity index (χ0) is 10.6. The molecule has 0 aliphatic carbocycles. The lowest BCUT2D eigenvalue weighted by molar-refractivity contribution is 1.29. The van der Waals surface area contributed by atoms with Crippen LogP contribution in [0.4, 0.5) is 0 Å². The highest BCUT2D eigenvalue weighted by molar-refractivity contribution is 7.36. The first-order chi connectivity index (χ1) is 6.64. The van der Waals surface area contributed by atoms with Gasteiger partial charge in [-0.15, -0.1) is 0 Å². The summed E-state index contributed by atoms with van der Waals surface area (Å²) in [5.41, 5.74) is 0. The van der Waals surface area contributed by atoms with Gasteiger partial charge in [-0.05, 0) is 0 Å². The fourth-order valence-corrected chi connectivity index (χ4v) is 12.0. The summed E-state index contributed by atoms with van der Waals surface area (Å²) in [6, 6.07) is 14.1. The largest absolute Gasteiger partial charge is 0.0710 e. The minimum absolute atomic E-state index is 0.652. The van der Waals surface area contributed by atoms with E-state index in [2.05, 4.69) is 57.3 Å². The van der Waals surface area contributed by atoms with E-state index in [1.165, 1.54) is 12.1 Å². The Morgan fingerprint density at radius 2 is 1.57 bits per heavy atom. The van der Waals surface area contributed by atoms with Crippen molar-refractivity contribution in [2.75, 3.05) is 0 Å². The van der Waals surface area contributed by atoms with Crippen LogP contribution in [0.15, 0.2) is 30.3 Å². The third kappa shape index (κ3) is 2.36. The summed E-state index contributed by atoms with van der Waals surface area (Å²) in [6.07, 6.45) is 0. The Kier molecular flexibility index (Phi) is 4.14. The van der Waals surface area contributed by atoms with Crippen LogP contribution < -0.4 is 5.19 Å². The number of hydrogen-bond donors (Lipinski definition) is 0. The summed E-state index contributed by atoms with van der Waals surface area (Å²) < 4.78 is 0. The summed E-state index contributed by atoms with van der Waals surface area (Å²) in [7, 11) is -1.55. The molecule has 1 unspecified atom stereocenters. The Balaban J connectivity index is 2.89. The molecular formula is C12H22Si2. The van der Waals surface area contributed by atoms with E-state index < -0.39 is 15.9 Å². The van der Waals surface area contributed by atoms with Crippen LogP contribution in [0.2, 0.25) is 25.2 Å². The molecule has 2 heteroatoms. The van der Waals surface area contributed by atoms with Gasteiger partial charge >= 0.3 is 0 Å². The molecule has 0 aliphatic heterocycles. The number of rotatable bonds is 4. The van der Waals surface area contributed by atoms with Crippen molar-refractivity contribution in [2.24, 2.45) is 0 Å². The standard InChI is InChI=1S/C12H22Si2/c1-5-14(4,6-2)13(3)12-10-8-7-9-11-12/h7-11,13H,5-6H2,1-4H3. The molecule has 1 aromatic carbocycles. The van der Waals surface area contributed by atoms with Gasteiger partial charge in [0.2, 0.25) is 0 Å². The van der Waals surface area contributed by atoms with Crippen molar-refractivity contribution >= 4 is 21.1 Å². The van der Waals surface area contributed by atoms with Gasteiger partial charge in [0.15, 0.2) is 0 Å². The monoisotopic (exact) mass is 222 g/mol. The highest BCUT2D eigenvalue weighted by Gasteiger charge is 2.31. The molecule has 0 nitrogen and oxygen atoms in total. The third-order valence-electron chi connectivity index (χ3n) is 3.96. The summed E-state index contributed by atoms with van der Waals surface area (Å²) >= 11 is 0. The fraction of sp³-hybridized carbons (Fsp3) is 0.500. The van der Waals surface area contributed by atoms with E-state index >= 15 is 0 Å². The Morgan fingerprint density at radius 3 is 2.00 bits per heavy atom. The van der Waals surface area contributed by atoms with E-state index in [4.69, 9.17) is 0 Å². The van der Waals surface area contributed by atoms with Crippen molar-refractivity contribution < 1.29 is 0 Å². The molecule has 0 bridgehead atoms. The van der Waals surface area contributed by atoms with Crippen molar-refractivity contribution in [3.63, 3.8) is 0 Å². The van der Waals surface area contributed by atoms with Crippen LogP contribution in [0.3, 0.4) is 0 Å². The summed E-state index contributed by atoms with van der Waals surface area (Å²) in [5, 5.41) is 1.67. The van der Waals surface area contributed by atoms with E-state index in [-0.39, 0.29) is 0 Å². The highest BCUT2D eigenvalue weighted by atomic mass is 29.2. The van der Waals surface area contributed by atoms with Crippen LogP contribution in [0.25, 0.3) is 0 Å². The van der Waals surface area contributed by atoms with E-state index in [0.717, 1.165) is 0 Å². The quantitative estimate of drug-likeness (QED) is 0.687. The molecule has 0 fully saturated rings. The van der Waals surface area contributed by atoms with Gasteiger partial charge in [-0.3, -0.25) is 0 Å². The van der Waals surface area contributed by atoms with Crippen LogP contribution in [0, 0.1) is 0 Å². The summed E-state index contributed by atoms with van der Waals surface area (Å²) in [5.74, 6) is 0. The van der Waals surface area contributed by atoms with Gasteiger partial charge in [-0.1, -0.05) is 74.5 Å². The molecule has 0 heterocycles. The summed E-state index contributed by atoms with van der Waals surface area (Å²) in [6.45, 7) is 9.93. The van der Waals surface area contributed by atoms with E-state index in [1.807, 2.05) is 0 Å². The molecule has 0 aromatic heterocycles. The molecule has 1 rings (SSSR count). The van der Waals surface area contributed by atoms with E-state index in [0.29, 0.717) is 0 Å². The third-order valence-corrected chi connectivity index (χ3v) is 20.4. The second-order valence-electron chi connectivity index (χ2n) is 4.49. The van der Waals surface area contributed by atoms with E-state index in [9.17, 15) is 0 Å². The molecule has 0 N–H and O–H groups in total. The summed E-state index contributed by atoms with van der Waals surface area (Å²) in [4.78, 5) is 0. The van der Waals surface area contributed by atoms with Gasteiger partial charge < -0.3 is 0 Å². The van der Waals surface area contributed by atoms with Crippen molar-refractivity contribution in [3.8, 4) is 0 Å². The van der Waals surface area contributed by atoms with Gasteiger partial charge in [0.05, 0.1) is 8.31 Å². The molecule has 0 saturated carbocycles. The predicted octanol–water partition coefficient (Wildman–Crippen LogP) is 2.95. The van der Waals surface area contributed by atoms with Crippen LogP contribution in [0.1, 0.15) is 13.8 Å². The first-order valence-corrected chi connectivity index (χ1v) is 12.1. The molecule has 1 aromatic rings. The van der Waals surface area contributed by atoms with Gasteiger partial charge in [0, 0.05) is 7.59 Å². The average Bonchev–Trinajstić information content (AvgIpc) is 2.28. The van der Waals surface area contributed by atoms with Gasteiger partial charge in [-0.25, -0.2) is 0 Å². The minimum atomic E-state index is -0.903. The predicted molar refractivity (Wildman–Crippen MR) is 71.7 cm³/mol. The van der Waals surface area contributed by atoms with Crippen LogP contribution in [-0.2, 0) is 0 Å². The van der Waals surface area contributed by atoms with Gasteiger partial charge in [-0.2, -0.15) is 0 Å². The molecule has 14 heavy (non-hydrogen) atoms. The first kappa shape index (κ1) is 11.7. The second-order valence-corrected chi connectivity index (χ2v) is 18.1. The molecule has 1 atom stereocenters. The second kappa shape index (κ2) is 4.94. The molecule has 0 saturated heterocycles. The molecule has 0 amide bonds. The van der Waals surface area contributed by atoms with E-state index in [1.54, 1.807) is 5.19 Å². The Hall–Kier alpha value is -0.346. The van der Waals surface area contributed by atoms with Crippen LogP contribution in [0.5, 0.6) is 0 Å². The topological polar surface area (TPSA) is 0 Å². The van der Waals surface area contributed by atoms with Crippen LogP contribution in [-0.4, -0.2) is 15.9 Å². The average molecular weight is 222 g/mol. The number of benzene rings is 1. The zero-order valence-corrected chi connectivity index (χ0v) is 12.0. The molecule has 78 valence electrons. The maximum Gasteiger partial charge on any atom is 0.0619 e. The normalized spacial score (nSPS) is 14.0. The lowest BCUT2D eigenvalue weighted by atomic mass is 10.4. The Morgan fingerprint density at radius 1 is 1.07 bits per heavy atom. The van der Waals surface area contributed by atoms with Crippen molar-refractivity contribution in [1.82, 2.24) is 0 Å². The molecule has 0 spiro atoms. The van der Waals surface area contributed by atoms with Crippen molar-refractivity contribution in [1.29, 1.82) is 0 Å². The Labute approximate surface area is 90.8 Å². The smallest absolute Gasteiger partial charge is 0.0619 e. The molecule has 0 radical (unpaired) electrons. The lowest BCUT2D eigenvalue weighted by Gasteiger charge is -2.31. The minimum Gasteiger partial charge on any atom is -0.0710 e. The molecular weight excluding hydrogens is 200 g/mol. The van der Waals surface area contributed by atoms with Crippen molar-refractivity contribution in [3.05, 3.63) is 30.3 Å². The van der Waals surface area contributed by atoms with Gasteiger partial charge in [0.25, 0.3) is 0 Å².